The van der Waals surface area contributed by atoms with Crippen molar-refractivity contribution in [3.63, 3.8) is 0 Å². The smallest absolute Gasteiger partial charge is 0.250 e. The maximum absolute atomic E-state index is 13.5. The van der Waals surface area contributed by atoms with Crippen LogP contribution in [0.1, 0.15) is 52.4 Å². The molecule has 2 aliphatic rings. The molecule has 0 aromatic rings. The Balaban J connectivity index is 2.13. The quantitative estimate of drug-likeness (QED) is 0.522. The third-order valence-electron chi connectivity index (χ3n) is 6.31. The summed E-state index contributed by atoms with van der Waals surface area (Å²) in [4.78, 5) is 31.5. The molecule has 2 rings (SSSR count). The first kappa shape index (κ1) is 24.1. The average molecular weight is 411 g/mol. The largest absolute Gasteiger partial charge is 0.304 e. The fourth-order valence-electron chi connectivity index (χ4n) is 3.98. The number of carbonyl (C=O) groups is 2. The van der Waals surface area contributed by atoms with Gasteiger partial charge in [-0.15, -0.1) is 0 Å². The van der Waals surface area contributed by atoms with E-state index in [9.17, 15) is 9.59 Å². The summed E-state index contributed by atoms with van der Waals surface area (Å²) in [5.41, 5.74) is 5.21. The monoisotopic (exact) mass is 410 g/mol. The van der Waals surface area contributed by atoms with Gasteiger partial charge in [0.1, 0.15) is 5.41 Å². The summed E-state index contributed by atoms with van der Waals surface area (Å²) in [5.74, 6) is -0.258. The first-order chi connectivity index (χ1) is 13.9. The predicted octanol–water partition coefficient (Wildman–Crippen LogP) is 0.910. The SMILES string of the molecule is CCCCC(CCCC)(C(=O)NN1CCN(C)CC1)C(=O)NN1CCN(C)CC1. The Hall–Kier alpha value is -1.22. The third kappa shape index (κ3) is 6.91. The molecule has 0 aromatic heterocycles. The fraction of sp³-hybridized carbons (Fsp3) is 0.905. The van der Waals surface area contributed by atoms with Crippen molar-refractivity contribution >= 4 is 11.8 Å². The molecule has 2 fully saturated rings. The topological polar surface area (TPSA) is 71.2 Å². The van der Waals surface area contributed by atoms with Crippen LogP contribution in [0.2, 0.25) is 0 Å². The van der Waals surface area contributed by atoms with Gasteiger partial charge in [-0.1, -0.05) is 39.5 Å². The summed E-state index contributed by atoms with van der Waals surface area (Å²) in [7, 11) is 4.19. The summed E-state index contributed by atoms with van der Waals surface area (Å²) in [5, 5.41) is 3.97. The molecule has 0 unspecified atom stereocenters. The van der Waals surface area contributed by atoms with Gasteiger partial charge in [-0.2, -0.15) is 0 Å². The Morgan fingerprint density at radius 3 is 1.34 bits per heavy atom. The lowest BCUT2D eigenvalue weighted by molar-refractivity contribution is -0.152. The van der Waals surface area contributed by atoms with Gasteiger partial charge in [-0.05, 0) is 26.9 Å². The lowest BCUT2D eigenvalue weighted by Crippen LogP contribution is -2.62. The van der Waals surface area contributed by atoms with Gasteiger partial charge in [0.15, 0.2) is 0 Å². The van der Waals surface area contributed by atoms with E-state index < -0.39 is 5.41 Å². The minimum Gasteiger partial charge on any atom is -0.304 e. The minimum atomic E-state index is -1.00. The van der Waals surface area contributed by atoms with Crippen LogP contribution < -0.4 is 10.9 Å². The molecule has 2 saturated heterocycles. The van der Waals surface area contributed by atoms with Gasteiger partial charge in [0.2, 0.25) is 11.8 Å². The maximum Gasteiger partial charge on any atom is 0.250 e. The van der Waals surface area contributed by atoms with E-state index in [1.165, 1.54) is 0 Å². The molecule has 2 heterocycles. The summed E-state index contributed by atoms with van der Waals surface area (Å²) >= 11 is 0. The van der Waals surface area contributed by atoms with Crippen LogP contribution in [0.15, 0.2) is 0 Å². The van der Waals surface area contributed by atoms with E-state index in [4.69, 9.17) is 0 Å². The van der Waals surface area contributed by atoms with E-state index >= 15 is 0 Å². The van der Waals surface area contributed by atoms with Gasteiger partial charge in [-0.25, -0.2) is 10.0 Å². The average Bonchev–Trinajstić information content (AvgIpc) is 2.71. The molecule has 0 saturated carbocycles. The molecule has 8 nitrogen and oxygen atoms in total. The molecule has 2 aliphatic heterocycles. The number of carbonyl (C=O) groups excluding carboxylic acids is 2. The lowest BCUT2D eigenvalue weighted by atomic mass is 9.76. The normalized spacial score (nSPS) is 20.6. The van der Waals surface area contributed by atoms with E-state index in [1.54, 1.807) is 0 Å². The number of hydrogen-bond donors (Lipinski definition) is 2. The highest BCUT2D eigenvalue weighted by Crippen LogP contribution is 2.32. The summed E-state index contributed by atoms with van der Waals surface area (Å²) < 4.78 is 0. The fourth-order valence-corrected chi connectivity index (χ4v) is 3.98. The van der Waals surface area contributed by atoms with E-state index in [0.29, 0.717) is 12.8 Å². The molecule has 0 atom stereocenters. The van der Waals surface area contributed by atoms with Crippen molar-refractivity contribution in [3.05, 3.63) is 0 Å². The first-order valence-electron chi connectivity index (χ1n) is 11.4. The Kier molecular flexibility index (Phi) is 9.82. The zero-order chi connectivity index (χ0) is 21.3. The number of hydrogen-bond acceptors (Lipinski definition) is 6. The van der Waals surface area contributed by atoms with E-state index in [-0.39, 0.29) is 11.8 Å². The Morgan fingerprint density at radius 1 is 0.690 bits per heavy atom. The van der Waals surface area contributed by atoms with Crippen LogP contribution >= 0.6 is 0 Å². The number of unbranched alkanes of at least 4 members (excludes halogenated alkanes) is 2. The van der Waals surface area contributed by atoms with Crippen LogP contribution in [0.5, 0.6) is 0 Å². The molecule has 0 spiro atoms. The predicted molar refractivity (Wildman–Crippen MR) is 116 cm³/mol. The number of amides is 2. The molecule has 0 aliphatic carbocycles. The highest BCUT2D eigenvalue weighted by molar-refractivity contribution is 6.04. The maximum atomic E-state index is 13.5. The first-order valence-corrected chi connectivity index (χ1v) is 11.4. The second-order valence-electron chi connectivity index (χ2n) is 8.75. The molecule has 0 aromatic carbocycles. The van der Waals surface area contributed by atoms with E-state index in [2.05, 4.69) is 48.6 Å². The number of nitrogens with one attached hydrogen (secondary N) is 2. The van der Waals surface area contributed by atoms with E-state index in [1.807, 2.05) is 10.0 Å². The number of hydrazine groups is 2. The lowest BCUT2D eigenvalue weighted by Gasteiger charge is -2.39. The molecule has 2 amide bonds. The van der Waals surface area contributed by atoms with Crippen LogP contribution in [0, 0.1) is 5.41 Å². The Labute approximate surface area is 176 Å². The van der Waals surface area contributed by atoms with Gasteiger partial charge in [-0.3, -0.25) is 20.4 Å². The summed E-state index contributed by atoms with van der Waals surface area (Å²) in [6, 6.07) is 0. The molecule has 29 heavy (non-hydrogen) atoms. The van der Waals surface area contributed by atoms with Crippen molar-refractivity contribution in [3.8, 4) is 0 Å². The highest BCUT2D eigenvalue weighted by Gasteiger charge is 2.46. The number of piperazine rings is 2. The van der Waals surface area contributed by atoms with Gasteiger partial charge < -0.3 is 9.80 Å². The van der Waals surface area contributed by atoms with Gasteiger partial charge in [0.25, 0.3) is 0 Å². The van der Waals surface area contributed by atoms with Crippen molar-refractivity contribution in [2.24, 2.45) is 5.41 Å². The molecular weight excluding hydrogens is 368 g/mol. The molecule has 168 valence electrons. The number of rotatable bonds is 10. The van der Waals surface area contributed by atoms with Crippen molar-refractivity contribution in [1.29, 1.82) is 0 Å². The summed E-state index contributed by atoms with van der Waals surface area (Å²) in [6.07, 6.45) is 4.88. The van der Waals surface area contributed by atoms with Crippen molar-refractivity contribution in [2.45, 2.75) is 52.4 Å². The number of likely N-dealkylation sites (N-methyl/N-ethyl adjacent to an activating group) is 2. The second-order valence-corrected chi connectivity index (χ2v) is 8.75. The van der Waals surface area contributed by atoms with Crippen LogP contribution in [0.4, 0.5) is 0 Å². The van der Waals surface area contributed by atoms with Gasteiger partial charge in [0, 0.05) is 52.4 Å². The van der Waals surface area contributed by atoms with Gasteiger partial charge >= 0.3 is 0 Å². The second kappa shape index (κ2) is 11.8. The van der Waals surface area contributed by atoms with Crippen LogP contribution in [0.3, 0.4) is 0 Å². The zero-order valence-corrected chi connectivity index (χ0v) is 19.0. The Bertz CT molecular complexity index is 467. The molecule has 2 N–H and O–H groups in total. The Morgan fingerprint density at radius 2 is 1.03 bits per heavy atom. The standard InChI is InChI=1S/C21H42N6O2/c1-5-7-9-21(10-8-6-2,19(28)22-26-15-11-24(3)12-16-26)20(29)23-27-17-13-25(4)14-18-27/h5-18H2,1-4H3,(H,22,28)(H,23,29). The highest BCUT2D eigenvalue weighted by atomic mass is 16.2. The van der Waals surface area contributed by atoms with Crippen LogP contribution in [-0.2, 0) is 9.59 Å². The molecule has 8 heteroatoms. The molecule has 0 bridgehead atoms. The molecular formula is C21H42N6O2. The van der Waals surface area contributed by atoms with Crippen LogP contribution in [0.25, 0.3) is 0 Å². The number of nitrogens with zero attached hydrogens (tertiary/aromatic N) is 4. The van der Waals surface area contributed by atoms with E-state index in [0.717, 1.165) is 78.0 Å². The summed E-state index contributed by atoms with van der Waals surface area (Å²) in [6.45, 7) is 11.1. The van der Waals surface area contributed by atoms with Crippen LogP contribution in [-0.4, -0.2) is 98.1 Å². The minimum absolute atomic E-state index is 0.129. The zero-order valence-electron chi connectivity index (χ0n) is 19.0. The third-order valence-corrected chi connectivity index (χ3v) is 6.31. The van der Waals surface area contributed by atoms with Crippen molar-refractivity contribution in [2.75, 3.05) is 66.5 Å². The van der Waals surface area contributed by atoms with Gasteiger partial charge in [0.05, 0.1) is 0 Å². The molecule has 0 radical (unpaired) electrons. The van der Waals surface area contributed by atoms with Crippen molar-refractivity contribution < 1.29 is 9.59 Å². The van der Waals surface area contributed by atoms with Crippen molar-refractivity contribution in [1.82, 2.24) is 30.7 Å².